The van der Waals surface area contributed by atoms with E-state index in [0.717, 1.165) is 38.5 Å². The lowest BCUT2D eigenvalue weighted by molar-refractivity contribution is -0.145. The Labute approximate surface area is 217 Å². The van der Waals surface area contributed by atoms with E-state index in [9.17, 15) is 9.00 Å². The minimum atomic E-state index is -1.21. The van der Waals surface area contributed by atoms with Crippen molar-refractivity contribution in [3.05, 3.63) is 0 Å². The third kappa shape index (κ3) is 5.81. The van der Waals surface area contributed by atoms with Gasteiger partial charge in [0.2, 0.25) is 5.91 Å². The molecule has 1 heterocycles. The van der Waals surface area contributed by atoms with Gasteiger partial charge in [-0.1, -0.05) is 20.8 Å². The van der Waals surface area contributed by atoms with Gasteiger partial charge in [-0.05, 0) is 76.0 Å². The maximum Gasteiger partial charge on any atom is 0.228 e. The molecule has 4 rings (SSSR count). The van der Waals surface area contributed by atoms with Crippen molar-refractivity contribution in [1.29, 1.82) is 0 Å². The number of hydrogen-bond donors (Lipinski definition) is 0. The van der Waals surface area contributed by atoms with Crippen molar-refractivity contribution in [2.24, 2.45) is 17.3 Å². The average molecular weight is 539 g/mol. The third-order valence-electron chi connectivity index (χ3n) is 8.57. The van der Waals surface area contributed by atoms with Gasteiger partial charge in [0.05, 0.1) is 16.2 Å². The first-order chi connectivity index (χ1) is 16.0. The van der Waals surface area contributed by atoms with E-state index in [1.165, 1.54) is 0 Å². The van der Waals surface area contributed by atoms with Gasteiger partial charge in [0.25, 0.3) is 0 Å². The van der Waals surface area contributed by atoms with Gasteiger partial charge in [-0.15, -0.1) is 23.2 Å². The Kier molecular flexibility index (Phi) is 8.64. The number of alkyl halides is 3. The van der Waals surface area contributed by atoms with E-state index < -0.39 is 38.6 Å². The molecule has 5 atom stereocenters. The van der Waals surface area contributed by atoms with Crippen LogP contribution in [0.2, 0.25) is 0 Å². The first kappa shape index (κ1) is 27.1. The molecule has 0 N–H and O–H groups in total. The molecule has 0 aromatic carbocycles. The Morgan fingerprint density at radius 1 is 1.06 bits per heavy atom. The van der Waals surface area contributed by atoms with Gasteiger partial charge in [-0.25, -0.2) is 4.39 Å². The molecule has 4 aliphatic rings. The zero-order valence-corrected chi connectivity index (χ0v) is 23.3. The lowest BCUT2D eigenvalue weighted by atomic mass is 9.73. The molecular weight excluding hydrogens is 496 g/mol. The first-order valence-corrected chi connectivity index (χ1v) is 15.3. The molecule has 196 valence electrons. The standard InChI is InChI=1S/C26H42Cl2FNO3S/c1-25(2,3)24(31)30(16-17-4-5-17)23-21(28)14-18(15-22(23)29)26(10-12-33-13-11-26)34(32)20-8-6-19(27)7-9-20/h17-23H,4-16H2,1-3H3. The van der Waals surface area contributed by atoms with Crippen LogP contribution in [0.4, 0.5) is 4.39 Å². The van der Waals surface area contributed by atoms with Crippen molar-refractivity contribution >= 4 is 39.9 Å². The highest BCUT2D eigenvalue weighted by atomic mass is 35.5. The number of nitrogens with zero attached hydrogens (tertiary/aromatic N) is 1. The largest absolute Gasteiger partial charge is 0.381 e. The van der Waals surface area contributed by atoms with E-state index in [1.807, 2.05) is 20.8 Å². The summed E-state index contributed by atoms with van der Waals surface area (Å²) in [5.74, 6) is 0.386. The second kappa shape index (κ2) is 10.8. The van der Waals surface area contributed by atoms with Crippen LogP contribution in [-0.2, 0) is 20.3 Å². The number of rotatable bonds is 6. The Morgan fingerprint density at radius 3 is 2.21 bits per heavy atom. The number of ether oxygens (including phenoxy) is 1. The molecule has 5 unspecified atom stereocenters. The number of hydrogen-bond acceptors (Lipinski definition) is 3. The summed E-state index contributed by atoms with van der Waals surface area (Å²) in [6.07, 6.45) is 6.83. The van der Waals surface area contributed by atoms with Crippen LogP contribution in [0.5, 0.6) is 0 Å². The molecule has 3 saturated carbocycles. The Balaban J connectivity index is 1.54. The number of halogens is 3. The molecule has 1 saturated heterocycles. The highest BCUT2D eigenvalue weighted by Gasteiger charge is 2.54. The summed E-state index contributed by atoms with van der Waals surface area (Å²) < 4.78 is 35.4. The summed E-state index contributed by atoms with van der Waals surface area (Å²) in [6, 6.07) is -0.609. The molecule has 0 bridgehead atoms. The van der Waals surface area contributed by atoms with E-state index in [2.05, 4.69) is 0 Å². The number of carbonyl (C=O) groups excluding carboxylic acids is 1. The topological polar surface area (TPSA) is 46.6 Å². The highest BCUT2D eigenvalue weighted by Crippen LogP contribution is 2.48. The molecule has 0 radical (unpaired) electrons. The monoisotopic (exact) mass is 537 g/mol. The van der Waals surface area contributed by atoms with Crippen molar-refractivity contribution < 1.29 is 18.1 Å². The fourth-order valence-electron chi connectivity index (χ4n) is 6.37. The van der Waals surface area contributed by atoms with Gasteiger partial charge >= 0.3 is 0 Å². The first-order valence-electron chi connectivity index (χ1n) is 13.2. The van der Waals surface area contributed by atoms with Gasteiger partial charge in [0.15, 0.2) is 0 Å². The molecule has 4 nitrogen and oxygen atoms in total. The van der Waals surface area contributed by atoms with Gasteiger partial charge in [-0.3, -0.25) is 9.00 Å². The summed E-state index contributed by atoms with van der Waals surface area (Å²) in [6.45, 7) is 7.42. The maximum absolute atomic E-state index is 16.1. The van der Waals surface area contributed by atoms with Gasteiger partial charge in [-0.2, -0.15) is 0 Å². The van der Waals surface area contributed by atoms with E-state index in [1.54, 1.807) is 4.90 Å². The second-order valence-corrected chi connectivity index (χ2v) is 15.4. The molecule has 34 heavy (non-hydrogen) atoms. The highest BCUT2D eigenvalue weighted by molar-refractivity contribution is 7.87. The van der Waals surface area contributed by atoms with Crippen molar-refractivity contribution in [3.8, 4) is 0 Å². The molecule has 8 heteroatoms. The molecule has 0 spiro atoms. The number of carbonyl (C=O) groups is 1. The van der Waals surface area contributed by atoms with Crippen LogP contribution in [0.3, 0.4) is 0 Å². The zero-order chi connectivity index (χ0) is 24.7. The Bertz CT molecular complexity index is 733. The minimum Gasteiger partial charge on any atom is -0.381 e. The summed E-state index contributed by atoms with van der Waals surface area (Å²) in [7, 11) is -1.08. The average Bonchev–Trinajstić information content (AvgIpc) is 3.61. The van der Waals surface area contributed by atoms with Crippen LogP contribution in [0, 0.1) is 17.3 Å². The van der Waals surface area contributed by atoms with Crippen LogP contribution in [0.25, 0.3) is 0 Å². The van der Waals surface area contributed by atoms with Crippen LogP contribution in [0.1, 0.15) is 85.0 Å². The van der Waals surface area contributed by atoms with E-state index in [4.69, 9.17) is 27.9 Å². The van der Waals surface area contributed by atoms with Crippen LogP contribution < -0.4 is 0 Å². The quantitative estimate of drug-likeness (QED) is 0.399. The number of amides is 1. The fraction of sp³-hybridized carbons (Fsp3) is 0.962. The lowest BCUT2D eigenvalue weighted by Crippen LogP contribution is -2.60. The summed E-state index contributed by atoms with van der Waals surface area (Å²) >= 11 is 13.3. The van der Waals surface area contributed by atoms with Crippen molar-refractivity contribution in [2.75, 3.05) is 19.8 Å². The van der Waals surface area contributed by atoms with E-state index in [-0.39, 0.29) is 22.5 Å². The molecule has 0 aromatic rings. The van der Waals surface area contributed by atoms with Gasteiger partial charge < -0.3 is 9.64 Å². The molecule has 1 aliphatic heterocycles. The van der Waals surface area contributed by atoms with Gasteiger partial charge in [0.1, 0.15) is 6.17 Å². The van der Waals surface area contributed by atoms with E-state index in [0.29, 0.717) is 51.4 Å². The fourth-order valence-corrected chi connectivity index (χ4v) is 9.59. The molecule has 4 fully saturated rings. The van der Waals surface area contributed by atoms with Crippen LogP contribution >= 0.6 is 23.2 Å². The summed E-state index contributed by atoms with van der Waals surface area (Å²) in [5, 5.41) is -0.185. The minimum absolute atomic E-state index is 0.0154. The summed E-state index contributed by atoms with van der Waals surface area (Å²) in [5.41, 5.74) is -0.577. The molecular formula is C26H42Cl2FNO3S. The third-order valence-corrected chi connectivity index (χ3v) is 12.1. The van der Waals surface area contributed by atoms with Crippen molar-refractivity contribution in [2.45, 2.75) is 118 Å². The normalized spacial score (nSPS) is 37.7. The summed E-state index contributed by atoms with van der Waals surface area (Å²) in [4.78, 5) is 15.1. The Hall–Kier alpha value is 0.0900. The van der Waals surface area contributed by atoms with Crippen LogP contribution in [0.15, 0.2) is 0 Å². The molecule has 1 amide bonds. The smallest absolute Gasteiger partial charge is 0.228 e. The lowest BCUT2D eigenvalue weighted by Gasteiger charge is -2.51. The van der Waals surface area contributed by atoms with Crippen molar-refractivity contribution in [3.63, 3.8) is 0 Å². The van der Waals surface area contributed by atoms with E-state index >= 15 is 4.39 Å². The predicted octanol–water partition coefficient (Wildman–Crippen LogP) is 5.84. The van der Waals surface area contributed by atoms with Crippen molar-refractivity contribution in [1.82, 2.24) is 4.90 Å². The zero-order valence-electron chi connectivity index (χ0n) is 20.9. The molecule has 0 aromatic heterocycles. The van der Waals surface area contributed by atoms with Crippen LogP contribution in [-0.4, -0.2) is 67.7 Å². The predicted molar refractivity (Wildman–Crippen MR) is 138 cm³/mol. The maximum atomic E-state index is 16.1. The van der Waals surface area contributed by atoms with Gasteiger partial charge in [0, 0.05) is 46.6 Å². The second-order valence-electron chi connectivity index (χ2n) is 12.2. The Morgan fingerprint density at radius 2 is 1.68 bits per heavy atom. The SMILES string of the molecule is CC(C)(C)C(=O)N(CC1CC1)C1C(F)CC(C2(S(=O)C3CCC(Cl)CC3)CCOCC2)CC1Cl. The molecule has 3 aliphatic carbocycles.